The zero-order chi connectivity index (χ0) is 18.5. The van der Waals surface area contributed by atoms with E-state index in [4.69, 9.17) is 0 Å². The highest BCUT2D eigenvalue weighted by Gasteiger charge is 2.28. The van der Waals surface area contributed by atoms with Gasteiger partial charge in [-0.05, 0) is 57.3 Å². The summed E-state index contributed by atoms with van der Waals surface area (Å²) in [4.78, 5) is 5.37. The van der Waals surface area contributed by atoms with Crippen molar-refractivity contribution in [3.8, 4) is 0 Å². The maximum absolute atomic E-state index is 4.45. The van der Waals surface area contributed by atoms with Gasteiger partial charge in [0.1, 0.15) is 0 Å². The Balaban J connectivity index is 1.26. The fraction of sp³-hybridized carbons (Fsp3) is 0.636. The molecule has 0 amide bonds. The van der Waals surface area contributed by atoms with E-state index in [1.165, 1.54) is 70.4 Å². The van der Waals surface area contributed by atoms with E-state index in [1.54, 1.807) is 0 Å². The molecule has 2 fully saturated rings. The number of rotatable bonds is 6. The van der Waals surface area contributed by atoms with Crippen LogP contribution in [0.4, 0.5) is 0 Å². The second-order valence-corrected chi connectivity index (χ2v) is 8.19. The highest BCUT2D eigenvalue weighted by atomic mass is 15.4. The molecule has 0 saturated carbocycles. The molecule has 0 unspecified atom stereocenters. The van der Waals surface area contributed by atoms with Crippen molar-refractivity contribution in [3.63, 3.8) is 0 Å². The van der Waals surface area contributed by atoms with Crippen LogP contribution in [0.5, 0.6) is 0 Å². The van der Waals surface area contributed by atoms with E-state index >= 15 is 0 Å². The summed E-state index contributed by atoms with van der Waals surface area (Å²) in [6, 6.07) is 11.8. The van der Waals surface area contributed by atoms with E-state index in [0.717, 1.165) is 18.2 Å². The normalized spacial score (nSPS) is 20.9. The summed E-state index contributed by atoms with van der Waals surface area (Å²) in [6.45, 7) is 8.53. The molecule has 0 bridgehead atoms. The van der Waals surface area contributed by atoms with Gasteiger partial charge < -0.3 is 9.80 Å². The summed E-state index contributed by atoms with van der Waals surface area (Å²) in [7, 11) is 0. The van der Waals surface area contributed by atoms with E-state index in [9.17, 15) is 0 Å². The van der Waals surface area contributed by atoms with Gasteiger partial charge in [-0.25, -0.2) is 4.68 Å². The van der Waals surface area contributed by atoms with Crippen molar-refractivity contribution >= 4 is 0 Å². The minimum atomic E-state index is 0.512. The van der Waals surface area contributed by atoms with Gasteiger partial charge >= 0.3 is 0 Å². The highest BCUT2D eigenvalue weighted by molar-refractivity contribution is 5.19. The maximum Gasteiger partial charge on any atom is 0.0870 e. The molecule has 0 spiro atoms. The predicted octanol–water partition coefficient (Wildman–Crippen LogP) is 3.38. The van der Waals surface area contributed by atoms with Crippen LogP contribution in [0, 0.1) is 0 Å². The number of aromatic nitrogens is 3. The van der Waals surface area contributed by atoms with Crippen LogP contribution in [0.1, 0.15) is 56.3 Å². The molecule has 0 N–H and O–H groups in total. The molecule has 27 heavy (non-hydrogen) atoms. The number of hydrogen-bond donors (Lipinski definition) is 0. The lowest BCUT2D eigenvalue weighted by molar-refractivity contribution is 0.0771. The van der Waals surface area contributed by atoms with Crippen molar-refractivity contribution in [1.29, 1.82) is 0 Å². The minimum absolute atomic E-state index is 0.512. The van der Waals surface area contributed by atoms with E-state index in [0.29, 0.717) is 6.04 Å². The molecule has 2 saturated heterocycles. The molecule has 0 radical (unpaired) electrons. The molecule has 5 nitrogen and oxygen atoms in total. The first-order chi connectivity index (χ1) is 13.3. The Morgan fingerprint density at radius 2 is 1.63 bits per heavy atom. The van der Waals surface area contributed by atoms with Gasteiger partial charge in [-0.1, -0.05) is 42.5 Å². The van der Waals surface area contributed by atoms with Crippen LogP contribution in [-0.2, 0) is 6.42 Å². The maximum atomic E-state index is 4.45. The summed E-state index contributed by atoms with van der Waals surface area (Å²) in [5, 5.41) is 8.86. The monoisotopic (exact) mass is 367 g/mol. The third-order valence-corrected chi connectivity index (χ3v) is 6.27. The first-order valence-corrected chi connectivity index (χ1v) is 10.7. The topological polar surface area (TPSA) is 37.2 Å². The van der Waals surface area contributed by atoms with Crippen molar-refractivity contribution in [2.75, 3.05) is 32.7 Å². The van der Waals surface area contributed by atoms with Gasteiger partial charge in [-0.15, -0.1) is 5.10 Å². The number of hydrogen-bond acceptors (Lipinski definition) is 4. The summed E-state index contributed by atoms with van der Waals surface area (Å²) >= 11 is 0. The van der Waals surface area contributed by atoms with Crippen LogP contribution < -0.4 is 0 Å². The molecule has 2 aliphatic rings. The quantitative estimate of drug-likeness (QED) is 0.784. The van der Waals surface area contributed by atoms with Crippen molar-refractivity contribution in [2.24, 2.45) is 0 Å². The Morgan fingerprint density at radius 1 is 0.926 bits per heavy atom. The zero-order valence-electron chi connectivity index (χ0n) is 16.6. The van der Waals surface area contributed by atoms with Crippen LogP contribution in [0.2, 0.25) is 0 Å². The van der Waals surface area contributed by atoms with E-state index in [-0.39, 0.29) is 0 Å². The average Bonchev–Trinajstić information content (AvgIpc) is 3.18. The molecule has 146 valence electrons. The molecule has 3 heterocycles. The van der Waals surface area contributed by atoms with Crippen LogP contribution in [0.15, 0.2) is 36.5 Å². The van der Waals surface area contributed by atoms with Crippen molar-refractivity contribution in [2.45, 2.75) is 57.5 Å². The summed E-state index contributed by atoms with van der Waals surface area (Å²) < 4.78 is 2.12. The van der Waals surface area contributed by atoms with Gasteiger partial charge in [0.15, 0.2) is 0 Å². The Hall–Kier alpha value is -1.72. The van der Waals surface area contributed by atoms with Gasteiger partial charge in [-0.3, -0.25) is 0 Å². The lowest BCUT2D eigenvalue weighted by Crippen LogP contribution is -2.48. The third kappa shape index (κ3) is 4.77. The van der Waals surface area contributed by atoms with Gasteiger partial charge in [0.25, 0.3) is 0 Å². The molecule has 2 aromatic rings. The molecule has 0 aliphatic carbocycles. The Morgan fingerprint density at radius 3 is 2.33 bits per heavy atom. The van der Waals surface area contributed by atoms with E-state index in [1.807, 2.05) is 0 Å². The molecule has 1 aromatic carbocycles. The average molecular weight is 368 g/mol. The van der Waals surface area contributed by atoms with Gasteiger partial charge in [0, 0.05) is 31.7 Å². The fourth-order valence-corrected chi connectivity index (χ4v) is 4.72. The van der Waals surface area contributed by atoms with Crippen molar-refractivity contribution in [3.05, 3.63) is 47.8 Å². The van der Waals surface area contributed by atoms with Gasteiger partial charge in [0.05, 0.1) is 11.7 Å². The van der Waals surface area contributed by atoms with Crippen molar-refractivity contribution < 1.29 is 0 Å². The van der Waals surface area contributed by atoms with E-state index in [2.05, 4.69) is 68.2 Å². The van der Waals surface area contributed by atoms with Gasteiger partial charge in [-0.2, -0.15) is 0 Å². The lowest BCUT2D eigenvalue weighted by Gasteiger charge is -2.41. The van der Waals surface area contributed by atoms with Gasteiger partial charge in [0.2, 0.25) is 0 Å². The number of likely N-dealkylation sites (tertiary alicyclic amines) is 2. The molecular formula is C22H33N5. The number of benzene rings is 1. The van der Waals surface area contributed by atoms with E-state index < -0.39 is 0 Å². The van der Waals surface area contributed by atoms with Crippen LogP contribution in [-0.4, -0.2) is 63.6 Å². The summed E-state index contributed by atoms with van der Waals surface area (Å²) in [6.07, 6.45) is 9.39. The standard InChI is InChI=1S/C22H33N5/c1-2-12-25-13-8-21(9-14-25)26-15-10-22(11-16-26)27-18-20(23-24-27)17-19-6-4-3-5-7-19/h3-7,18,21-22H,2,8-17H2,1H3. The van der Waals surface area contributed by atoms with Crippen LogP contribution >= 0.6 is 0 Å². The molecule has 1 aromatic heterocycles. The largest absolute Gasteiger partial charge is 0.303 e. The molecule has 2 aliphatic heterocycles. The minimum Gasteiger partial charge on any atom is -0.303 e. The first kappa shape index (κ1) is 18.6. The fourth-order valence-electron chi connectivity index (χ4n) is 4.72. The van der Waals surface area contributed by atoms with Crippen LogP contribution in [0.25, 0.3) is 0 Å². The Labute approximate surface area is 163 Å². The lowest BCUT2D eigenvalue weighted by atomic mass is 9.98. The number of piperidine rings is 2. The third-order valence-electron chi connectivity index (χ3n) is 6.27. The SMILES string of the molecule is CCCN1CCC(N2CCC(n3cc(Cc4ccccc4)nn3)CC2)CC1. The second-order valence-electron chi connectivity index (χ2n) is 8.19. The Bertz CT molecular complexity index is 682. The second kappa shape index (κ2) is 8.98. The Kier molecular flexibility index (Phi) is 6.20. The molecular weight excluding hydrogens is 334 g/mol. The molecule has 5 heteroatoms. The van der Waals surface area contributed by atoms with Crippen molar-refractivity contribution in [1.82, 2.24) is 24.8 Å². The first-order valence-electron chi connectivity index (χ1n) is 10.7. The smallest absolute Gasteiger partial charge is 0.0870 e. The number of nitrogens with zero attached hydrogens (tertiary/aromatic N) is 5. The summed E-state index contributed by atoms with van der Waals surface area (Å²) in [5.41, 5.74) is 2.38. The molecule has 0 atom stereocenters. The summed E-state index contributed by atoms with van der Waals surface area (Å²) in [5.74, 6) is 0. The predicted molar refractivity (Wildman–Crippen MR) is 109 cm³/mol. The zero-order valence-corrected chi connectivity index (χ0v) is 16.6. The molecule has 4 rings (SSSR count). The van der Waals surface area contributed by atoms with Crippen LogP contribution in [0.3, 0.4) is 0 Å². The highest BCUT2D eigenvalue weighted by Crippen LogP contribution is 2.26.